The molecule has 0 bridgehead atoms. The van der Waals surface area contributed by atoms with Crippen molar-refractivity contribution in [3.8, 4) is 16.9 Å². The van der Waals surface area contributed by atoms with Crippen molar-refractivity contribution in [2.45, 2.75) is 0 Å². The first-order valence-corrected chi connectivity index (χ1v) is 4.62. The van der Waals surface area contributed by atoms with Gasteiger partial charge in [-0.25, -0.2) is 0 Å². The Hall–Kier alpha value is -2.03. The maximum Gasteiger partial charge on any atom is 0.152 e. The average molecular weight is 201 g/mol. The van der Waals surface area contributed by atoms with Crippen molar-refractivity contribution in [1.29, 1.82) is 0 Å². The molecule has 0 fully saturated rings. The van der Waals surface area contributed by atoms with Gasteiger partial charge in [-0.1, -0.05) is 18.2 Å². The number of benzene rings is 1. The zero-order chi connectivity index (χ0) is 10.7. The van der Waals surface area contributed by atoms with Crippen LogP contribution in [0.15, 0.2) is 36.7 Å². The third-order valence-electron chi connectivity index (χ3n) is 2.30. The summed E-state index contributed by atoms with van der Waals surface area (Å²) in [6.07, 6.45) is 4.30. The second-order valence-corrected chi connectivity index (χ2v) is 3.14. The number of hydrogen-bond acceptors (Lipinski definition) is 2. The summed E-state index contributed by atoms with van der Waals surface area (Å²) in [5.74, 6) is 0.764. The fourth-order valence-corrected chi connectivity index (χ4v) is 1.57. The van der Waals surface area contributed by atoms with E-state index in [0.29, 0.717) is 5.56 Å². The molecule has 0 aliphatic carbocycles. The Morgan fingerprint density at radius 1 is 1.20 bits per heavy atom. The molecule has 2 aromatic rings. The lowest BCUT2D eigenvalue weighted by molar-refractivity contribution is 0.112. The van der Waals surface area contributed by atoms with E-state index in [1.165, 1.54) is 0 Å². The van der Waals surface area contributed by atoms with Crippen molar-refractivity contribution in [2.24, 2.45) is 0 Å². The third-order valence-corrected chi connectivity index (χ3v) is 2.30. The van der Waals surface area contributed by atoms with Gasteiger partial charge in [0, 0.05) is 29.1 Å². The number of para-hydroxylation sites is 1. The summed E-state index contributed by atoms with van der Waals surface area (Å²) in [6, 6.07) is 7.61. The molecule has 0 aliphatic heterocycles. The Balaban J connectivity index is 2.58. The quantitative estimate of drug-likeness (QED) is 0.775. The molecule has 0 unspecified atom stereocenters. The van der Waals surface area contributed by atoms with E-state index in [-0.39, 0.29) is 0 Å². The maximum absolute atomic E-state index is 10.8. The highest BCUT2D eigenvalue weighted by Gasteiger charge is 2.09. The number of H-pyrrole nitrogens is 1. The number of methoxy groups -OCH3 is 1. The molecule has 0 saturated carbocycles. The van der Waals surface area contributed by atoms with Gasteiger partial charge >= 0.3 is 0 Å². The molecule has 1 aromatic heterocycles. The van der Waals surface area contributed by atoms with Crippen LogP contribution in [0.4, 0.5) is 0 Å². The van der Waals surface area contributed by atoms with Gasteiger partial charge in [0.25, 0.3) is 0 Å². The highest BCUT2D eigenvalue weighted by Crippen LogP contribution is 2.31. The van der Waals surface area contributed by atoms with E-state index in [4.69, 9.17) is 4.74 Å². The van der Waals surface area contributed by atoms with Crippen LogP contribution in [0.25, 0.3) is 11.1 Å². The van der Waals surface area contributed by atoms with Crippen molar-refractivity contribution in [3.63, 3.8) is 0 Å². The van der Waals surface area contributed by atoms with Crippen LogP contribution in [0.5, 0.6) is 5.75 Å². The third kappa shape index (κ3) is 1.64. The van der Waals surface area contributed by atoms with Crippen LogP contribution in [-0.2, 0) is 0 Å². The highest BCUT2D eigenvalue weighted by molar-refractivity contribution is 5.88. The number of aromatic amines is 1. The Labute approximate surface area is 87.7 Å². The summed E-state index contributed by atoms with van der Waals surface area (Å²) in [7, 11) is 1.62. The molecule has 0 atom stereocenters. The van der Waals surface area contributed by atoms with E-state index in [0.717, 1.165) is 23.2 Å². The predicted octanol–water partition coefficient (Wildman–Crippen LogP) is 2.50. The van der Waals surface area contributed by atoms with E-state index in [1.807, 2.05) is 24.3 Å². The van der Waals surface area contributed by atoms with Gasteiger partial charge in [0.15, 0.2) is 6.29 Å². The van der Waals surface area contributed by atoms with Crippen LogP contribution >= 0.6 is 0 Å². The summed E-state index contributed by atoms with van der Waals surface area (Å²) in [5, 5.41) is 0. The number of aldehydes is 1. The molecule has 0 radical (unpaired) electrons. The molecule has 0 amide bonds. The number of nitrogens with one attached hydrogen (secondary N) is 1. The van der Waals surface area contributed by atoms with Crippen molar-refractivity contribution in [2.75, 3.05) is 7.11 Å². The number of hydrogen-bond donors (Lipinski definition) is 1. The summed E-state index contributed by atoms with van der Waals surface area (Å²) in [6.45, 7) is 0. The minimum absolute atomic E-state index is 0.638. The number of ether oxygens (including phenoxy) is 1. The Kier molecular flexibility index (Phi) is 2.54. The summed E-state index contributed by atoms with van der Waals surface area (Å²) < 4.78 is 5.24. The van der Waals surface area contributed by atoms with Crippen LogP contribution < -0.4 is 4.74 Å². The molecule has 1 N–H and O–H groups in total. The Bertz CT molecular complexity index is 474. The van der Waals surface area contributed by atoms with Crippen molar-refractivity contribution in [3.05, 3.63) is 42.2 Å². The minimum atomic E-state index is 0.638. The maximum atomic E-state index is 10.8. The first-order valence-electron chi connectivity index (χ1n) is 4.62. The van der Waals surface area contributed by atoms with Crippen LogP contribution in [0, 0.1) is 0 Å². The molecule has 2 rings (SSSR count). The van der Waals surface area contributed by atoms with Gasteiger partial charge in [0.1, 0.15) is 5.75 Å². The number of aromatic nitrogens is 1. The molecule has 15 heavy (non-hydrogen) atoms. The molecule has 0 aliphatic rings. The van der Waals surface area contributed by atoms with E-state index in [1.54, 1.807) is 19.5 Å². The largest absolute Gasteiger partial charge is 0.496 e. The summed E-state index contributed by atoms with van der Waals surface area (Å²) in [5.41, 5.74) is 2.42. The first-order chi connectivity index (χ1) is 7.36. The average Bonchev–Trinajstić information content (AvgIpc) is 2.76. The molecule has 76 valence electrons. The van der Waals surface area contributed by atoms with Crippen LogP contribution in [-0.4, -0.2) is 18.4 Å². The zero-order valence-corrected chi connectivity index (χ0v) is 8.36. The number of rotatable bonds is 3. The SMILES string of the molecule is COc1ccccc1-c1c[nH]cc1C=O. The summed E-state index contributed by atoms with van der Waals surface area (Å²) >= 11 is 0. The minimum Gasteiger partial charge on any atom is -0.496 e. The lowest BCUT2D eigenvalue weighted by Gasteiger charge is -2.06. The van der Waals surface area contributed by atoms with Gasteiger partial charge in [0.2, 0.25) is 0 Å². The standard InChI is InChI=1S/C12H11NO2/c1-15-12-5-3-2-4-10(12)11-7-13-6-9(11)8-14/h2-8,13H,1H3. The number of carbonyl (C=O) groups excluding carboxylic acids is 1. The molecule has 3 heteroatoms. The van der Waals surface area contributed by atoms with Gasteiger partial charge in [-0.15, -0.1) is 0 Å². The smallest absolute Gasteiger partial charge is 0.152 e. The van der Waals surface area contributed by atoms with E-state index >= 15 is 0 Å². The van der Waals surface area contributed by atoms with Crippen LogP contribution in [0.2, 0.25) is 0 Å². The fraction of sp³-hybridized carbons (Fsp3) is 0.0833. The fourth-order valence-electron chi connectivity index (χ4n) is 1.57. The van der Waals surface area contributed by atoms with Gasteiger partial charge < -0.3 is 9.72 Å². The monoisotopic (exact) mass is 201 g/mol. The molecule has 1 heterocycles. The first kappa shape index (κ1) is 9.52. The van der Waals surface area contributed by atoms with Crippen molar-refractivity contribution >= 4 is 6.29 Å². The second-order valence-electron chi connectivity index (χ2n) is 3.14. The summed E-state index contributed by atoms with van der Waals surface area (Å²) in [4.78, 5) is 13.7. The normalized spacial score (nSPS) is 9.93. The van der Waals surface area contributed by atoms with Gasteiger partial charge in [-0.05, 0) is 6.07 Å². The predicted molar refractivity (Wildman–Crippen MR) is 58.2 cm³/mol. The van der Waals surface area contributed by atoms with Crippen molar-refractivity contribution in [1.82, 2.24) is 4.98 Å². The molecule has 0 saturated heterocycles. The van der Waals surface area contributed by atoms with Gasteiger partial charge in [-0.3, -0.25) is 4.79 Å². The molecular formula is C12H11NO2. The number of carbonyl (C=O) groups is 1. The lowest BCUT2D eigenvalue weighted by atomic mass is 10.0. The van der Waals surface area contributed by atoms with Gasteiger partial charge in [-0.2, -0.15) is 0 Å². The zero-order valence-electron chi connectivity index (χ0n) is 8.36. The molecular weight excluding hydrogens is 190 g/mol. The Morgan fingerprint density at radius 3 is 2.73 bits per heavy atom. The van der Waals surface area contributed by atoms with Gasteiger partial charge in [0.05, 0.1) is 7.11 Å². The molecule has 0 spiro atoms. The second kappa shape index (κ2) is 4.00. The topological polar surface area (TPSA) is 42.1 Å². The molecule has 1 aromatic carbocycles. The van der Waals surface area contributed by atoms with E-state index in [2.05, 4.69) is 4.98 Å². The van der Waals surface area contributed by atoms with E-state index in [9.17, 15) is 4.79 Å². The highest BCUT2D eigenvalue weighted by atomic mass is 16.5. The van der Waals surface area contributed by atoms with E-state index < -0.39 is 0 Å². The van der Waals surface area contributed by atoms with Crippen LogP contribution in [0.3, 0.4) is 0 Å². The van der Waals surface area contributed by atoms with Crippen molar-refractivity contribution < 1.29 is 9.53 Å². The lowest BCUT2D eigenvalue weighted by Crippen LogP contribution is -1.88. The van der Waals surface area contributed by atoms with Crippen LogP contribution in [0.1, 0.15) is 10.4 Å². The molecule has 3 nitrogen and oxygen atoms in total. The Morgan fingerprint density at radius 2 is 2.00 bits per heavy atom.